The van der Waals surface area contributed by atoms with E-state index in [0.717, 1.165) is 0 Å². The number of amides is 17. The zero-order valence-electron chi connectivity index (χ0n) is 77.9. The second-order valence-electron chi connectivity index (χ2n) is 34.7. The van der Waals surface area contributed by atoms with E-state index in [9.17, 15) is 97.1 Å². The number of hydrogen-bond acceptors (Lipinski definition) is 26. The molecule has 0 unspecified atom stereocenters. The number of carbonyl (C=O) groups excluding carboxylic acids is 17. The fourth-order valence-electron chi connectivity index (χ4n) is 14.6. The van der Waals surface area contributed by atoms with Crippen LogP contribution in [0.25, 0.3) is 10.9 Å². The number of H-pyrrole nitrogens is 1. The maximum Gasteiger partial charge on any atom is 0.326 e. The first-order chi connectivity index (χ1) is 62.8. The van der Waals surface area contributed by atoms with Gasteiger partial charge in [-0.05, 0) is 172 Å². The van der Waals surface area contributed by atoms with E-state index in [1.165, 1.54) is 18.7 Å². The summed E-state index contributed by atoms with van der Waals surface area (Å²) >= 11 is 0. The van der Waals surface area contributed by atoms with Crippen LogP contribution in [-0.2, 0) is 92.7 Å². The van der Waals surface area contributed by atoms with E-state index in [4.69, 9.17) is 45.5 Å². The van der Waals surface area contributed by atoms with Gasteiger partial charge in [-0.1, -0.05) is 86.4 Å². The predicted octanol–water partition coefficient (Wildman–Crippen LogP) is -6.74. The molecule has 2 aromatic rings. The molecule has 1 saturated heterocycles. The standard InChI is InChI=1S/C86H147N25O22/c1-11-46(7)68(81(128)102-55(27-17-20-34-89)74(121)105-60(40-65(91)116)75(122)101-53(25-15-18-32-87)71(118)100-56(28-21-35-95-86(93)94)72(119)99-54(26-16-19-33-88)73(120)103-57(85(132)133)30-31-64(90)115)109-77(124)59(39-50-41-96-52-24-14-13-23-51(50)52)104-78(125)62(43-112)107-82(129)69(47(8)12-2)108-76(123)58(37-44(3)4)106-83(130)70(49(10)114)110-79(126)63-29-22-36-111(63)84(131)61(38-45(5)6)98-66(117)42-97-80(127)67(92)48(9)113/h13-14,23-24,41,44-49,53-63,67-70,96,112-114H,11-12,15-22,25-40,42-43,87-89,92H2,1-10H3,(H2,90,115)(H2,91,116)(H,97,127)(H,98,117)(H,99,119)(H,100,118)(H,101,122)(H,102,128)(H,103,120)(H,104,125)(H,105,121)(H,106,130)(H,107,129)(H,108,123)(H,109,124)(H,110,126)(H,132,133)(H4,93,94,95)/t46-,47-,48+,49+,53-,54-,55-,56-,57-,58-,59-,60-,61-,62-,63-,67-,68-,69-,70-/m0/s1. The van der Waals surface area contributed by atoms with Crippen molar-refractivity contribution in [1.82, 2.24) is 89.6 Å². The van der Waals surface area contributed by atoms with Gasteiger partial charge in [0.25, 0.3) is 0 Å². The van der Waals surface area contributed by atoms with E-state index >= 15 is 9.59 Å². The molecule has 2 heterocycles. The lowest BCUT2D eigenvalue weighted by Gasteiger charge is -2.32. The third-order valence-electron chi connectivity index (χ3n) is 22.7. The van der Waals surface area contributed by atoms with Gasteiger partial charge in [-0.25, -0.2) is 4.79 Å². The number of aromatic amines is 1. The van der Waals surface area contributed by atoms with Crippen LogP contribution in [0.4, 0.5) is 0 Å². The Morgan fingerprint density at radius 2 is 0.902 bits per heavy atom. The first-order valence-electron chi connectivity index (χ1n) is 45.6. The zero-order valence-corrected chi connectivity index (χ0v) is 77.9. The number of aliphatic hydroxyl groups excluding tert-OH is 3. The van der Waals surface area contributed by atoms with Crippen molar-refractivity contribution in [2.24, 2.45) is 63.8 Å². The van der Waals surface area contributed by atoms with Crippen molar-refractivity contribution in [3.05, 3.63) is 36.0 Å². The summed E-state index contributed by atoms with van der Waals surface area (Å²) in [6.45, 7) is 14.9. The van der Waals surface area contributed by atoms with Crippen molar-refractivity contribution in [1.29, 1.82) is 5.41 Å². The number of primary amides is 2. The molecule has 17 amide bonds. The third kappa shape index (κ3) is 40.3. The molecule has 1 aromatic heterocycles. The highest BCUT2D eigenvalue weighted by Crippen LogP contribution is 2.24. The Morgan fingerprint density at radius 3 is 1.36 bits per heavy atom. The van der Waals surface area contributed by atoms with Gasteiger partial charge in [-0.15, -0.1) is 0 Å². The molecule has 0 aliphatic carbocycles. The highest BCUT2D eigenvalue weighted by molar-refractivity contribution is 6.02. The van der Waals surface area contributed by atoms with Gasteiger partial charge in [0, 0.05) is 43.0 Å². The molecule has 748 valence electrons. The van der Waals surface area contributed by atoms with Crippen LogP contribution < -0.4 is 120 Å². The summed E-state index contributed by atoms with van der Waals surface area (Å²) < 4.78 is 0. The fourth-order valence-corrected chi connectivity index (χ4v) is 14.6. The average molecular weight is 1880 g/mol. The number of hydrogen-bond donors (Lipinski definition) is 28. The number of aliphatic hydroxyl groups is 3. The van der Waals surface area contributed by atoms with Gasteiger partial charge in [0.1, 0.15) is 90.6 Å². The number of carbonyl (C=O) groups is 18. The van der Waals surface area contributed by atoms with Crippen LogP contribution in [-0.4, -0.2) is 291 Å². The Morgan fingerprint density at radius 1 is 0.474 bits per heavy atom. The normalized spacial score (nSPS) is 16.6. The number of aliphatic carboxylic acids is 1. The first-order valence-corrected chi connectivity index (χ1v) is 45.6. The molecular formula is C86H147N25O22. The third-order valence-corrected chi connectivity index (χ3v) is 22.7. The van der Waals surface area contributed by atoms with Crippen LogP contribution in [0.5, 0.6) is 0 Å². The number of nitrogens with zero attached hydrogens (tertiary/aromatic N) is 1. The number of guanidine groups is 1. The molecular weight excluding hydrogens is 1740 g/mol. The number of benzene rings is 1. The summed E-state index contributed by atoms with van der Waals surface area (Å²) in [6, 6.07) is -16.1. The number of likely N-dealkylation sites (tertiary alicyclic amines) is 1. The van der Waals surface area contributed by atoms with Crippen LogP contribution in [0.3, 0.4) is 0 Å². The molecule has 1 aliphatic heterocycles. The second kappa shape index (κ2) is 59.7. The molecule has 0 saturated carbocycles. The van der Waals surface area contributed by atoms with Gasteiger partial charge >= 0.3 is 5.97 Å². The van der Waals surface area contributed by atoms with Crippen molar-refractivity contribution in [2.45, 2.75) is 307 Å². The first kappa shape index (κ1) is 115. The summed E-state index contributed by atoms with van der Waals surface area (Å²) in [7, 11) is 0. The van der Waals surface area contributed by atoms with Crippen molar-refractivity contribution in [3.8, 4) is 0 Å². The maximum absolute atomic E-state index is 15.2. The van der Waals surface area contributed by atoms with Gasteiger partial charge in [-0.3, -0.25) is 86.9 Å². The van der Waals surface area contributed by atoms with Crippen LogP contribution in [0.1, 0.15) is 203 Å². The number of carboxylic acids is 1. The molecule has 19 atom stereocenters. The van der Waals surface area contributed by atoms with Crippen molar-refractivity contribution in [2.75, 3.05) is 45.9 Å². The van der Waals surface area contributed by atoms with E-state index < -0.39 is 253 Å². The quantitative estimate of drug-likeness (QED) is 0.0166. The largest absolute Gasteiger partial charge is 0.480 e. The van der Waals surface area contributed by atoms with Gasteiger partial charge in [0.15, 0.2) is 5.96 Å². The minimum Gasteiger partial charge on any atom is -0.480 e. The molecule has 133 heavy (non-hydrogen) atoms. The summed E-state index contributed by atoms with van der Waals surface area (Å²) in [6.07, 6.45) is -1.41. The molecule has 47 nitrogen and oxygen atoms in total. The number of unbranched alkanes of at least 4 members (excludes halogenated alkanes) is 3. The maximum atomic E-state index is 15.2. The number of aromatic nitrogens is 1. The van der Waals surface area contributed by atoms with Crippen molar-refractivity contribution < 1.29 is 107 Å². The lowest BCUT2D eigenvalue weighted by Crippen LogP contribution is -2.63. The van der Waals surface area contributed by atoms with E-state index in [1.807, 2.05) is 0 Å². The van der Waals surface area contributed by atoms with E-state index in [1.54, 1.807) is 85.9 Å². The Hall–Kier alpha value is -11.8. The molecule has 35 N–H and O–H groups in total. The molecule has 3 rings (SSSR count). The number of fused-ring (bicyclic) bond motifs is 1. The molecule has 0 spiro atoms. The van der Waals surface area contributed by atoms with Crippen LogP contribution in [0.15, 0.2) is 30.5 Å². The molecule has 1 fully saturated rings. The number of nitrogens with one attached hydrogen (secondary N) is 17. The van der Waals surface area contributed by atoms with Gasteiger partial charge in [0.05, 0.1) is 31.8 Å². The van der Waals surface area contributed by atoms with Gasteiger partial charge in [0.2, 0.25) is 100 Å². The Balaban J connectivity index is 2.00. The Bertz CT molecular complexity index is 4210. The summed E-state index contributed by atoms with van der Waals surface area (Å²) in [5, 5.41) is 88.1. The van der Waals surface area contributed by atoms with Crippen LogP contribution in [0.2, 0.25) is 0 Å². The van der Waals surface area contributed by atoms with Crippen LogP contribution >= 0.6 is 0 Å². The number of para-hydroxylation sites is 1. The zero-order chi connectivity index (χ0) is 100. The van der Waals surface area contributed by atoms with Crippen LogP contribution in [0, 0.1) is 29.1 Å². The Labute approximate surface area is 774 Å². The van der Waals surface area contributed by atoms with Crippen molar-refractivity contribution >= 4 is 123 Å². The number of carboxylic acid groups (broad SMARTS) is 1. The number of nitrogens with two attached hydrogens (primary N) is 7. The summed E-state index contributed by atoms with van der Waals surface area (Å²) in [4.78, 5) is 256. The highest BCUT2D eigenvalue weighted by atomic mass is 16.4. The minimum atomic E-state index is -1.88. The summed E-state index contributed by atoms with van der Waals surface area (Å²) in [5.74, 6) is -20.2. The highest BCUT2D eigenvalue weighted by Gasteiger charge is 2.43. The summed E-state index contributed by atoms with van der Waals surface area (Å²) in [5.41, 5.74) is 40.6. The fraction of sp³-hybridized carbons (Fsp3) is 0.686. The van der Waals surface area contributed by atoms with Gasteiger partial charge in [-0.2, -0.15) is 0 Å². The van der Waals surface area contributed by atoms with E-state index in [-0.39, 0.29) is 141 Å². The van der Waals surface area contributed by atoms with E-state index in [0.29, 0.717) is 42.1 Å². The lowest BCUT2D eigenvalue weighted by molar-refractivity contribution is -0.143. The average Bonchev–Trinajstić information content (AvgIpc) is 1.60. The van der Waals surface area contributed by atoms with Gasteiger partial charge < -0.3 is 150 Å². The monoisotopic (exact) mass is 1880 g/mol. The lowest BCUT2D eigenvalue weighted by atomic mass is 9.96. The van der Waals surface area contributed by atoms with Crippen molar-refractivity contribution in [3.63, 3.8) is 0 Å². The number of rotatable bonds is 64. The topological polar surface area (TPSA) is 794 Å². The molecule has 1 aliphatic rings. The second-order valence-corrected chi connectivity index (χ2v) is 34.7. The minimum absolute atomic E-state index is 0.00125. The SMILES string of the molecule is CC[C@H](C)[C@H](NC(=O)[C@H](Cc1c[nH]c2ccccc12)NC(=O)[C@H](CO)NC(=O)[C@@H](NC(=O)[C@H](CC(C)C)NC(=O)[C@@H](NC(=O)[C@@H]1CCCN1C(=O)[C@H](CC(C)C)NC(=O)CNC(=O)[C@@H](N)[C@@H](C)O)[C@@H](C)O)[C@@H](C)CC)C(=O)N[C@@H](CCCCN)C(=O)N[C@@H](CC(N)=O)C(=O)N[C@@H](CCCCN)C(=O)N[C@@H](CCCNC(=N)N)C(=O)N[C@@H](CCCCN)C(=O)N[C@@H](CCC(N)=O)C(=O)O. The molecule has 0 radical (unpaired) electrons. The predicted molar refractivity (Wildman–Crippen MR) is 489 cm³/mol. The van der Waals surface area contributed by atoms with E-state index in [2.05, 4.69) is 84.7 Å². The molecule has 47 heteroatoms. The Kier molecular flexibility index (Phi) is 51.8. The molecule has 0 bridgehead atoms. The smallest absolute Gasteiger partial charge is 0.326 e. The molecule has 1 aromatic carbocycles.